The summed E-state index contributed by atoms with van der Waals surface area (Å²) in [6, 6.07) is 6.54. The molecule has 0 aliphatic carbocycles. The van der Waals surface area contributed by atoms with E-state index in [4.69, 9.17) is 4.74 Å². The Morgan fingerprint density at radius 3 is 2.89 bits per heavy atom. The molecule has 1 fully saturated rings. The fourth-order valence-corrected chi connectivity index (χ4v) is 2.26. The molecule has 0 saturated carbocycles. The number of piperazine rings is 1. The Labute approximate surface area is 108 Å². The van der Waals surface area contributed by atoms with E-state index in [1.54, 1.807) is 18.2 Å². The molecule has 0 aromatic heterocycles. The highest BCUT2D eigenvalue weighted by molar-refractivity contribution is 5.23. The summed E-state index contributed by atoms with van der Waals surface area (Å²) in [7, 11) is 0. The molecule has 1 aromatic carbocycles. The lowest BCUT2D eigenvalue weighted by Gasteiger charge is -2.42. The number of rotatable bonds is 4. The largest absolute Gasteiger partial charge is 0.489 e. The second-order valence-electron chi connectivity index (χ2n) is 5.26. The molecule has 0 radical (unpaired) electrons. The highest BCUT2D eigenvalue weighted by Crippen LogP contribution is 2.18. The molecular weight excluding hydrogens is 231 g/mol. The van der Waals surface area contributed by atoms with Crippen LogP contribution in [0.25, 0.3) is 0 Å². The van der Waals surface area contributed by atoms with Crippen LogP contribution in [0.15, 0.2) is 24.3 Å². The summed E-state index contributed by atoms with van der Waals surface area (Å²) in [5.74, 6) is 0.0440. The molecule has 18 heavy (non-hydrogen) atoms. The molecule has 100 valence electrons. The van der Waals surface area contributed by atoms with Crippen molar-refractivity contribution >= 4 is 0 Å². The number of benzene rings is 1. The van der Waals surface area contributed by atoms with Gasteiger partial charge in [-0.1, -0.05) is 12.1 Å². The van der Waals surface area contributed by atoms with E-state index >= 15 is 0 Å². The maximum absolute atomic E-state index is 13.4. The minimum atomic E-state index is -0.294. The first kappa shape index (κ1) is 13.3. The van der Waals surface area contributed by atoms with E-state index in [2.05, 4.69) is 24.1 Å². The highest BCUT2D eigenvalue weighted by Gasteiger charge is 2.28. The van der Waals surface area contributed by atoms with Gasteiger partial charge in [0, 0.05) is 31.7 Å². The minimum Gasteiger partial charge on any atom is -0.489 e. The van der Waals surface area contributed by atoms with Gasteiger partial charge in [-0.3, -0.25) is 4.90 Å². The van der Waals surface area contributed by atoms with Crippen LogP contribution in [0.1, 0.15) is 13.8 Å². The van der Waals surface area contributed by atoms with Crippen LogP contribution in [0, 0.1) is 5.82 Å². The first-order valence-corrected chi connectivity index (χ1v) is 6.43. The van der Waals surface area contributed by atoms with Gasteiger partial charge >= 0.3 is 0 Å². The zero-order valence-corrected chi connectivity index (χ0v) is 11.1. The van der Waals surface area contributed by atoms with Crippen molar-refractivity contribution in [3.8, 4) is 5.75 Å². The fourth-order valence-electron chi connectivity index (χ4n) is 2.26. The van der Waals surface area contributed by atoms with Crippen molar-refractivity contribution in [1.82, 2.24) is 10.2 Å². The van der Waals surface area contributed by atoms with Gasteiger partial charge < -0.3 is 10.1 Å². The Balaban J connectivity index is 1.83. The monoisotopic (exact) mass is 252 g/mol. The van der Waals surface area contributed by atoms with Gasteiger partial charge in [0.05, 0.1) is 0 Å². The zero-order chi connectivity index (χ0) is 13.0. The maximum atomic E-state index is 13.4. The summed E-state index contributed by atoms with van der Waals surface area (Å²) in [5.41, 5.74) is 0.136. The average molecular weight is 252 g/mol. The molecule has 0 unspecified atom stereocenters. The van der Waals surface area contributed by atoms with E-state index in [-0.39, 0.29) is 11.4 Å². The van der Waals surface area contributed by atoms with E-state index in [9.17, 15) is 4.39 Å². The number of nitrogens with zero attached hydrogens (tertiary/aromatic N) is 1. The first-order chi connectivity index (χ1) is 8.59. The first-order valence-electron chi connectivity index (χ1n) is 6.43. The number of hydrogen-bond donors (Lipinski definition) is 1. The van der Waals surface area contributed by atoms with Crippen LogP contribution in [0.2, 0.25) is 0 Å². The molecule has 4 heteroatoms. The summed E-state index contributed by atoms with van der Waals surface area (Å²) in [6.07, 6.45) is 0. The second kappa shape index (κ2) is 5.67. The predicted octanol–water partition coefficient (Wildman–Crippen LogP) is 1.89. The lowest BCUT2D eigenvalue weighted by atomic mass is 10.0. The average Bonchev–Trinajstić information content (AvgIpc) is 2.33. The molecular formula is C14H21FN2O. The molecule has 1 saturated heterocycles. The summed E-state index contributed by atoms with van der Waals surface area (Å²) in [4.78, 5) is 2.38. The van der Waals surface area contributed by atoms with Crippen molar-refractivity contribution in [3.05, 3.63) is 30.1 Å². The van der Waals surface area contributed by atoms with Crippen molar-refractivity contribution in [2.24, 2.45) is 0 Å². The predicted molar refractivity (Wildman–Crippen MR) is 70.4 cm³/mol. The molecule has 1 heterocycles. The quantitative estimate of drug-likeness (QED) is 0.885. The van der Waals surface area contributed by atoms with Crippen LogP contribution < -0.4 is 10.1 Å². The normalized spacial score (nSPS) is 19.7. The van der Waals surface area contributed by atoms with Crippen LogP contribution in [0.4, 0.5) is 4.39 Å². The Bertz CT molecular complexity index is 395. The van der Waals surface area contributed by atoms with Gasteiger partial charge in [-0.25, -0.2) is 4.39 Å². The van der Waals surface area contributed by atoms with Gasteiger partial charge in [0.1, 0.15) is 6.61 Å². The van der Waals surface area contributed by atoms with Crippen molar-refractivity contribution in [3.63, 3.8) is 0 Å². The lowest BCUT2D eigenvalue weighted by Crippen LogP contribution is -2.58. The standard InChI is InChI=1S/C14H21FN2O/c1-14(2)11-16-7-8-17(14)9-10-18-13-6-4-3-5-12(13)15/h3-6,16H,7-11H2,1-2H3. The third-order valence-electron chi connectivity index (χ3n) is 3.43. The maximum Gasteiger partial charge on any atom is 0.165 e. The molecule has 0 amide bonds. The Morgan fingerprint density at radius 1 is 1.39 bits per heavy atom. The minimum absolute atomic E-state index is 0.136. The van der Waals surface area contributed by atoms with E-state index in [0.29, 0.717) is 12.4 Å². The third-order valence-corrected chi connectivity index (χ3v) is 3.43. The van der Waals surface area contributed by atoms with Gasteiger partial charge in [0.25, 0.3) is 0 Å². The Hall–Kier alpha value is -1.13. The van der Waals surface area contributed by atoms with Crippen molar-refractivity contribution in [1.29, 1.82) is 0 Å². The number of nitrogens with one attached hydrogen (secondary N) is 1. The topological polar surface area (TPSA) is 24.5 Å². The molecule has 0 atom stereocenters. The number of para-hydroxylation sites is 1. The van der Waals surface area contributed by atoms with Gasteiger partial charge in [-0.2, -0.15) is 0 Å². The second-order valence-corrected chi connectivity index (χ2v) is 5.26. The molecule has 1 aliphatic rings. The van der Waals surface area contributed by atoms with E-state index in [1.165, 1.54) is 6.07 Å². The summed E-state index contributed by atoms with van der Waals surface area (Å²) in [6.45, 7) is 8.75. The molecule has 2 rings (SSSR count). The third kappa shape index (κ3) is 3.21. The molecule has 0 bridgehead atoms. The number of ether oxygens (including phenoxy) is 1. The van der Waals surface area contributed by atoms with Crippen LogP contribution in [0.3, 0.4) is 0 Å². The van der Waals surface area contributed by atoms with Gasteiger partial charge in [0.2, 0.25) is 0 Å². The Morgan fingerprint density at radius 2 is 2.17 bits per heavy atom. The number of halogens is 1. The van der Waals surface area contributed by atoms with Crippen molar-refractivity contribution in [2.75, 3.05) is 32.8 Å². The van der Waals surface area contributed by atoms with Crippen LogP contribution in [0.5, 0.6) is 5.75 Å². The van der Waals surface area contributed by atoms with E-state index in [1.807, 2.05) is 0 Å². The molecule has 0 spiro atoms. The SMILES string of the molecule is CC1(C)CNCCN1CCOc1ccccc1F. The smallest absolute Gasteiger partial charge is 0.165 e. The van der Waals surface area contributed by atoms with E-state index < -0.39 is 0 Å². The van der Waals surface area contributed by atoms with Gasteiger partial charge in [0.15, 0.2) is 11.6 Å². The fraction of sp³-hybridized carbons (Fsp3) is 0.571. The molecule has 1 N–H and O–H groups in total. The Kier molecular flexibility index (Phi) is 4.19. The van der Waals surface area contributed by atoms with Crippen molar-refractivity contribution < 1.29 is 9.13 Å². The summed E-state index contributed by atoms with van der Waals surface area (Å²) < 4.78 is 18.9. The number of hydrogen-bond acceptors (Lipinski definition) is 3. The van der Waals surface area contributed by atoms with Crippen LogP contribution in [-0.4, -0.2) is 43.2 Å². The molecule has 1 aromatic rings. The lowest BCUT2D eigenvalue weighted by molar-refractivity contribution is 0.0737. The van der Waals surface area contributed by atoms with Gasteiger partial charge in [-0.05, 0) is 26.0 Å². The van der Waals surface area contributed by atoms with Crippen LogP contribution >= 0.6 is 0 Å². The van der Waals surface area contributed by atoms with Crippen molar-refractivity contribution in [2.45, 2.75) is 19.4 Å². The highest BCUT2D eigenvalue weighted by atomic mass is 19.1. The van der Waals surface area contributed by atoms with E-state index in [0.717, 1.165) is 26.2 Å². The summed E-state index contributed by atoms with van der Waals surface area (Å²) in [5, 5.41) is 3.38. The molecule has 3 nitrogen and oxygen atoms in total. The van der Waals surface area contributed by atoms with Crippen LogP contribution in [-0.2, 0) is 0 Å². The zero-order valence-electron chi connectivity index (χ0n) is 11.1. The van der Waals surface area contributed by atoms with Gasteiger partial charge in [-0.15, -0.1) is 0 Å². The molecule has 1 aliphatic heterocycles. The summed E-state index contributed by atoms with van der Waals surface area (Å²) >= 11 is 0.